The van der Waals surface area contributed by atoms with Gasteiger partial charge in [-0.05, 0) is 55.4 Å². The van der Waals surface area contributed by atoms with Gasteiger partial charge in [0.25, 0.3) is 5.91 Å². The van der Waals surface area contributed by atoms with Gasteiger partial charge in [-0.2, -0.15) is 0 Å². The highest BCUT2D eigenvalue weighted by atomic mass is 32.1. The summed E-state index contributed by atoms with van der Waals surface area (Å²) in [6.07, 6.45) is 5.27. The number of nitrogens with one attached hydrogen (secondary N) is 2. The average Bonchev–Trinajstić information content (AvgIpc) is 3.31. The van der Waals surface area contributed by atoms with Crippen molar-refractivity contribution in [3.63, 3.8) is 0 Å². The Bertz CT molecular complexity index is 774. The zero-order valence-corrected chi connectivity index (χ0v) is 17.7. The van der Waals surface area contributed by atoms with Gasteiger partial charge in [-0.3, -0.25) is 14.4 Å². The van der Waals surface area contributed by atoms with Crippen molar-refractivity contribution in [3.8, 4) is 0 Å². The molecule has 154 valence electrons. The van der Waals surface area contributed by atoms with E-state index in [-0.39, 0.29) is 36.1 Å². The monoisotopic (exact) mass is 406 g/mol. The van der Waals surface area contributed by atoms with Crippen LogP contribution in [0.4, 0.5) is 5.00 Å². The molecule has 0 aliphatic heterocycles. The maximum atomic E-state index is 12.9. The lowest BCUT2D eigenvalue weighted by molar-refractivity contribution is -0.137. The molecule has 0 bridgehead atoms. The van der Waals surface area contributed by atoms with Gasteiger partial charge in [0.2, 0.25) is 5.91 Å². The van der Waals surface area contributed by atoms with Crippen LogP contribution in [0.25, 0.3) is 0 Å². The molecule has 28 heavy (non-hydrogen) atoms. The van der Waals surface area contributed by atoms with Gasteiger partial charge in [0.05, 0.1) is 5.56 Å². The molecular weight excluding hydrogens is 376 g/mol. The van der Waals surface area contributed by atoms with Crippen molar-refractivity contribution in [1.82, 2.24) is 5.32 Å². The second kappa shape index (κ2) is 8.23. The number of thiophene rings is 1. The van der Waals surface area contributed by atoms with Crippen molar-refractivity contribution in [2.75, 3.05) is 5.32 Å². The number of carbonyl (C=O) groups excluding carboxylic acids is 2. The number of aliphatic carboxylic acids is 1. The Morgan fingerprint density at radius 1 is 1.14 bits per heavy atom. The Kier molecular flexibility index (Phi) is 6.12. The molecule has 3 rings (SSSR count). The molecule has 6 nitrogen and oxygen atoms in total. The molecule has 0 spiro atoms. The van der Waals surface area contributed by atoms with Crippen LogP contribution < -0.4 is 10.6 Å². The summed E-state index contributed by atoms with van der Waals surface area (Å²) in [5.41, 5.74) is 1.92. The highest BCUT2D eigenvalue weighted by Crippen LogP contribution is 2.44. The number of anilines is 1. The fourth-order valence-corrected chi connectivity index (χ4v) is 5.07. The van der Waals surface area contributed by atoms with Gasteiger partial charge in [0.15, 0.2) is 0 Å². The van der Waals surface area contributed by atoms with Crippen LogP contribution in [0.5, 0.6) is 0 Å². The topological polar surface area (TPSA) is 95.5 Å². The minimum Gasteiger partial charge on any atom is -0.481 e. The molecule has 0 unspecified atom stereocenters. The molecule has 0 radical (unpaired) electrons. The van der Waals surface area contributed by atoms with Crippen molar-refractivity contribution in [1.29, 1.82) is 0 Å². The van der Waals surface area contributed by atoms with E-state index in [0.717, 1.165) is 37.7 Å². The van der Waals surface area contributed by atoms with Crippen LogP contribution in [0.3, 0.4) is 0 Å². The van der Waals surface area contributed by atoms with Crippen LogP contribution in [0.1, 0.15) is 80.1 Å². The predicted octanol–water partition coefficient (Wildman–Crippen LogP) is 3.98. The first-order valence-electron chi connectivity index (χ1n) is 10.1. The Morgan fingerprint density at radius 2 is 1.86 bits per heavy atom. The largest absolute Gasteiger partial charge is 0.481 e. The lowest BCUT2D eigenvalue weighted by Crippen LogP contribution is -2.29. The van der Waals surface area contributed by atoms with Crippen molar-refractivity contribution in [2.45, 2.75) is 78.2 Å². The van der Waals surface area contributed by atoms with E-state index in [4.69, 9.17) is 5.11 Å². The molecule has 1 heterocycles. The van der Waals surface area contributed by atoms with Gasteiger partial charge in [-0.15, -0.1) is 11.3 Å². The summed E-state index contributed by atoms with van der Waals surface area (Å²) in [6, 6.07) is 0.257. The first-order valence-corrected chi connectivity index (χ1v) is 10.9. The van der Waals surface area contributed by atoms with Crippen LogP contribution in [-0.2, 0) is 22.4 Å². The van der Waals surface area contributed by atoms with Gasteiger partial charge in [-0.25, -0.2) is 0 Å². The van der Waals surface area contributed by atoms with Crippen LogP contribution in [0.15, 0.2) is 0 Å². The molecule has 0 saturated heterocycles. The molecule has 7 heteroatoms. The van der Waals surface area contributed by atoms with E-state index >= 15 is 0 Å². The predicted molar refractivity (Wildman–Crippen MR) is 110 cm³/mol. The van der Waals surface area contributed by atoms with Crippen LogP contribution >= 0.6 is 11.3 Å². The van der Waals surface area contributed by atoms with Crippen molar-refractivity contribution in [3.05, 3.63) is 16.0 Å². The number of fused-ring (bicyclic) bond motifs is 1. The molecular formula is C21H30N2O4S. The smallest absolute Gasteiger partial charge is 0.303 e. The van der Waals surface area contributed by atoms with Crippen molar-refractivity contribution >= 4 is 34.1 Å². The maximum Gasteiger partial charge on any atom is 0.303 e. The molecule has 2 aliphatic rings. The normalized spacial score (nSPS) is 19.0. The van der Waals surface area contributed by atoms with Crippen LogP contribution in [0.2, 0.25) is 0 Å². The summed E-state index contributed by atoms with van der Waals surface area (Å²) in [5, 5.41) is 15.3. The zero-order valence-electron chi connectivity index (χ0n) is 16.9. The van der Waals surface area contributed by atoms with E-state index in [2.05, 4.69) is 31.4 Å². The molecule has 1 atom stereocenters. The van der Waals surface area contributed by atoms with E-state index in [9.17, 15) is 14.4 Å². The lowest BCUT2D eigenvalue weighted by atomic mass is 9.72. The van der Waals surface area contributed by atoms with Crippen molar-refractivity contribution < 1.29 is 19.5 Å². The average molecular weight is 407 g/mol. The number of hydrogen-bond acceptors (Lipinski definition) is 4. The first kappa shape index (κ1) is 20.8. The van der Waals surface area contributed by atoms with E-state index < -0.39 is 5.97 Å². The van der Waals surface area contributed by atoms with Gasteiger partial charge in [-0.1, -0.05) is 20.8 Å². The summed E-state index contributed by atoms with van der Waals surface area (Å²) < 4.78 is 0. The number of carboxylic acid groups (broad SMARTS) is 1. The maximum absolute atomic E-state index is 12.9. The summed E-state index contributed by atoms with van der Waals surface area (Å²) in [4.78, 5) is 37.0. The minimum absolute atomic E-state index is 0.0311. The fraction of sp³-hybridized carbons (Fsp3) is 0.667. The number of amides is 2. The van der Waals surface area contributed by atoms with Gasteiger partial charge < -0.3 is 15.7 Å². The van der Waals surface area contributed by atoms with Crippen molar-refractivity contribution in [2.24, 2.45) is 11.3 Å². The van der Waals surface area contributed by atoms with Gasteiger partial charge in [0, 0.05) is 23.8 Å². The summed E-state index contributed by atoms with van der Waals surface area (Å²) in [7, 11) is 0. The Hall–Kier alpha value is -1.89. The first-order chi connectivity index (χ1) is 13.1. The number of hydrogen-bond donors (Lipinski definition) is 3. The molecule has 1 fully saturated rings. The SMILES string of the molecule is CC(C)(C)[C@@H]1CCc2c(sc(NC(=O)CCCC(=O)O)c2C(=O)NC2CC2)C1. The second-order valence-electron chi connectivity index (χ2n) is 9.06. The summed E-state index contributed by atoms with van der Waals surface area (Å²) in [6.45, 7) is 6.76. The van der Waals surface area contributed by atoms with Gasteiger partial charge in [0.1, 0.15) is 5.00 Å². The molecule has 1 aromatic heterocycles. The Labute approximate surface area is 170 Å². The number of rotatable bonds is 7. The highest BCUT2D eigenvalue weighted by molar-refractivity contribution is 7.17. The Morgan fingerprint density at radius 3 is 2.46 bits per heavy atom. The van der Waals surface area contributed by atoms with E-state index in [0.29, 0.717) is 22.9 Å². The third-order valence-electron chi connectivity index (χ3n) is 5.68. The molecule has 1 saturated carbocycles. The molecule has 0 aromatic carbocycles. The van der Waals surface area contributed by atoms with E-state index in [1.54, 1.807) is 0 Å². The lowest BCUT2D eigenvalue weighted by Gasteiger charge is -2.33. The van der Waals surface area contributed by atoms with Gasteiger partial charge >= 0.3 is 5.97 Å². The number of carbonyl (C=O) groups is 3. The third-order valence-corrected chi connectivity index (χ3v) is 6.85. The zero-order chi connectivity index (χ0) is 20.5. The minimum atomic E-state index is -0.905. The quantitative estimate of drug-likeness (QED) is 0.638. The summed E-state index contributed by atoms with van der Waals surface area (Å²) >= 11 is 1.52. The van der Waals surface area contributed by atoms with E-state index in [1.807, 2.05) is 0 Å². The van der Waals surface area contributed by atoms with Crippen LogP contribution in [0, 0.1) is 11.3 Å². The molecule has 3 N–H and O–H groups in total. The third kappa shape index (κ3) is 5.13. The standard InChI is InChI=1S/C21H30N2O4S/c1-21(2,3)12-7-10-14-15(11-12)28-20(18(14)19(27)22-13-8-9-13)23-16(24)5-4-6-17(25)26/h12-13H,4-11H2,1-3H3,(H,22,27)(H,23,24)(H,25,26)/t12-/m1/s1. The second-order valence-corrected chi connectivity index (χ2v) is 10.2. The summed E-state index contributed by atoms with van der Waals surface area (Å²) in [5.74, 6) is -0.669. The van der Waals surface area contributed by atoms with Crippen LogP contribution in [-0.4, -0.2) is 28.9 Å². The van der Waals surface area contributed by atoms with E-state index in [1.165, 1.54) is 16.2 Å². The number of carboxylic acids is 1. The fourth-order valence-electron chi connectivity index (χ4n) is 3.73. The molecule has 2 amide bonds. The Balaban J connectivity index is 1.79. The highest BCUT2D eigenvalue weighted by Gasteiger charge is 2.35. The molecule has 1 aromatic rings. The molecule has 2 aliphatic carbocycles.